The van der Waals surface area contributed by atoms with Crippen LogP contribution in [0.1, 0.15) is 10.4 Å². The molecule has 1 heterocycles. The minimum absolute atomic E-state index is 0.108. The molecule has 24 heavy (non-hydrogen) atoms. The molecule has 1 amide bonds. The number of halogens is 2. The first-order valence-electron chi connectivity index (χ1n) is 7.03. The van der Waals surface area contributed by atoms with Gasteiger partial charge in [0, 0.05) is 22.8 Å². The van der Waals surface area contributed by atoms with Crippen LogP contribution >= 0.6 is 11.6 Å². The van der Waals surface area contributed by atoms with Crippen LogP contribution in [-0.2, 0) is 9.53 Å². The van der Waals surface area contributed by atoms with Crippen molar-refractivity contribution >= 4 is 40.1 Å². The van der Waals surface area contributed by atoms with E-state index in [0.717, 1.165) is 11.6 Å². The highest BCUT2D eigenvalue weighted by Gasteiger charge is 2.15. The normalized spacial score (nSPS) is 10.6. The van der Waals surface area contributed by atoms with E-state index >= 15 is 0 Å². The summed E-state index contributed by atoms with van der Waals surface area (Å²) in [7, 11) is 0. The molecule has 0 spiro atoms. The van der Waals surface area contributed by atoms with Crippen LogP contribution in [0.15, 0.2) is 48.7 Å². The van der Waals surface area contributed by atoms with Crippen LogP contribution in [-0.4, -0.2) is 23.5 Å². The van der Waals surface area contributed by atoms with Crippen LogP contribution in [0, 0.1) is 5.82 Å². The zero-order chi connectivity index (χ0) is 17.1. The summed E-state index contributed by atoms with van der Waals surface area (Å²) in [5, 5.41) is 3.08. The van der Waals surface area contributed by atoms with Crippen molar-refractivity contribution in [2.24, 2.45) is 0 Å². The number of amides is 1. The number of nitrogens with one attached hydrogen (secondary N) is 2. The Morgan fingerprint density at radius 2 is 2.00 bits per heavy atom. The number of aromatic nitrogens is 1. The fourth-order valence-corrected chi connectivity index (χ4v) is 2.40. The van der Waals surface area contributed by atoms with Crippen molar-refractivity contribution in [2.75, 3.05) is 11.9 Å². The average Bonchev–Trinajstić information content (AvgIpc) is 3.00. The van der Waals surface area contributed by atoms with E-state index in [9.17, 15) is 14.0 Å². The molecule has 3 aromatic rings. The van der Waals surface area contributed by atoms with E-state index in [2.05, 4.69) is 10.3 Å². The summed E-state index contributed by atoms with van der Waals surface area (Å²) in [6, 6.07) is 11.0. The molecule has 0 radical (unpaired) electrons. The summed E-state index contributed by atoms with van der Waals surface area (Å²) in [6.45, 7) is -0.465. The number of carbonyl (C=O) groups excluding carboxylic acids is 2. The lowest BCUT2D eigenvalue weighted by molar-refractivity contribution is -0.119. The number of esters is 1. The summed E-state index contributed by atoms with van der Waals surface area (Å²) in [4.78, 5) is 26.9. The zero-order valence-corrected chi connectivity index (χ0v) is 13.1. The fourth-order valence-electron chi connectivity index (χ4n) is 2.22. The van der Waals surface area contributed by atoms with Crippen LogP contribution in [0.2, 0.25) is 5.02 Å². The average molecular weight is 347 g/mol. The van der Waals surface area contributed by atoms with E-state index in [1.807, 2.05) is 12.1 Å². The lowest BCUT2D eigenvalue weighted by Gasteiger charge is -2.07. The van der Waals surface area contributed by atoms with Gasteiger partial charge in [-0.1, -0.05) is 29.8 Å². The molecule has 0 aliphatic rings. The minimum Gasteiger partial charge on any atom is -0.452 e. The van der Waals surface area contributed by atoms with Gasteiger partial charge in [-0.3, -0.25) is 4.79 Å². The number of hydrogen-bond acceptors (Lipinski definition) is 3. The number of anilines is 1. The van der Waals surface area contributed by atoms with Gasteiger partial charge < -0.3 is 15.0 Å². The monoisotopic (exact) mass is 346 g/mol. The van der Waals surface area contributed by atoms with Gasteiger partial charge in [-0.25, -0.2) is 9.18 Å². The van der Waals surface area contributed by atoms with E-state index < -0.39 is 24.3 Å². The third-order valence-electron chi connectivity index (χ3n) is 3.35. The zero-order valence-electron chi connectivity index (χ0n) is 12.3. The van der Waals surface area contributed by atoms with Crippen molar-refractivity contribution in [3.63, 3.8) is 0 Å². The van der Waals surface area contributed by atoms with Crippen molar-refractivity contribution in [3.05, 3.63) is 65.1 Å². The number of benzene rings is 2. The lowest BCUT2D eigenvalue weighted by atomic mass is 10.2. The smallest absolute Gasteiger partial charge is 0.340 e. The first-order valence-corrected chi connectivity index (χ1v) is 7.40. The fraction of sp³-hybridized carbons (Fsp3) is 0.0588. The van der Waals surface area contributed by atoms with Gasteiger partial charge >= 0.3 is 5.97 Å². The molecule has 122 valence electrons. The topological polar surface area (TPSA) is 71.2 Å². The third kappa shape index (κ3) is 3.38. The molecular weight excluding hydrogens is 335 g/mol. The summed E-state index contributed by atoms with van der Waals surface area (Å²) >= 11 is 5.63. The number of rotatable bonds is 4. The maximum atomic E-state index is 13.1. The molecule has 5 nitrogen and oxygen atoms in total. The minimum atomic E-state index is -0.611. The van der Waals surface area contributed by atoms with Crippen molar-refractivity contribution in [2.45, 2.75) is 0 Å². The van der Waals surface area contributed by atoms with Crippen LogP contribution < -0.4 is 5.32 Å². The number of carbonyl (C=O) groups is 2. The van der Waals surface area contributed by atoms with Gasteiger partial charge in [-0.15, -0.1) is 0 Å². The van der Waals surface area contributed by atoms with E-state index in [1.54, 1.807) is 12.1 Å². The van der Waals surface area contributed by atoms with Gasteiger partial charge in [0.2, 0.25) is 0 Å². The number of hydrogen-bond donors (Lipinski definition) is 2. The molecule has 0 atom stereocenters. The molecular formula is C17H12ClFN2O3. The summed E-state index contributed by atoms with van der Waals surface area (Å²) in [6.07, 6.45) is 1.53. The number of para-hydroxylation sites is 1. The van der Waals surface area contributed by atoms with Gasteiger partial charge in [0.25, 0.3) is 5.91 Å². The Bertz CT molecular complexity index is 923. The Labute approximate surface area is 141 Å². The molecule has 0 unspecified atom stereocenters. The molecule has 2 N–H and O–H groups in total. The maximum Gasteiger partial charge on any atom is 0.340 e. The number of ether oxygens (including phenoxy) is 1. The highest BCUT2D eigenvalue weighted by molar-refractivity contribution is 6.31. The van der Waals surface area contributed by atoms with E-state index in [1.165, 1.54) is 18.3 Å². The van der Waals surface area contributed by atoms with Gasteiger partial charge in [-0.2, -0.15) is 0 Å². The number of H-pyrrole nitrogens is 1. The first-order chi connectivity index (χ1) is 11.5. The quantitative estimate of drug-likeness (QED) is 0.707. The molecule has 0 fully saturated rings. The predicted molar refractivity (Wildman–Crippen MR) is 88.6 cm³/mol. The second-order valence-corrected chi connectivity index (χ2v) is 5.41. The summed E-state index contributed by atoms with van der Waals surface area (Å²) < 4.78 is 18.1. The van der Waals surface area contributed by atoms with E-state index in [0.29, 0.717) is 16.6 Å². The van der Waals surface area contributed by atoms with Crippen LogP contribution in [0.5, 0.6) is 0 Å². The third-order valence-corrected chi connectivity index (χ3v) is 3.64. The number of fused-ring (bicyclic) bond motifs is 1. The Morgan fingerprint density at radius 3 is 2.79 bits per heavy atom. The molecule has 7 heteroatoms. The van der Waals surface area contributed by atoms with Gasteiger partial charge in [0.1, 0.15) is 5.82 Å². The number of aromatic amines is 1. The Kier molecular flexibility index (Phi) is 4.48. The van der Waals surface area contributed by atoms with Crippen LogP contribution in [0.3, 0.4) is 0 Å². The highest BCUT2D eigenvalue weighted by atomic mass is 35.5. The first kappa shape index (κ1) is 16.0. The molecule has 2 aromatic carbocycles. The molecule has 1 aromatic heterocycles. The predicted octanol–water partition coefficient (Wildman–Crippen LogP) is 3.76. The maximum absolute atomic E-state index is 13.1. The van der Waals surface area contributed by atoms with E-state index in [4.69, 9.17) is 16.3 Å². The standard InChI is InChI=1S/C17H12ClFN2O3/c18-13-7-10(5-6-14(13)19)21-16(22)9-24-17(23)12-8-20-15-4-2-1-3-11(12)15/h1-8,20H,9H2,(H,21,22). The second kappa shape index (κ2) is 6.72. The molecule has 0 bridgehead atoms. The van der Waals surface area contributed by atoms with Crippen molar-refractivity contribution in [3.8, 4) is 0 Å². The van der Waals surface area contributed by atoms with Gasteiger partial charge in [0.05, 0.1) is 10.6 Å². The largest absolute Gasteiger partial charge is 0.452 e. The molecule has 0 aliphatic carbocycles. The molecule has 3 rings (SSSR count). The lowest BCUT2D eigenvalue weighted by Crippen LogP contribution is -2.20. The second-order valence-electron chi connectivity index (χ2n) is 5.00. The van der Waals surface area contributed by atoms with Crippen LogP contribution in [0.25, 0.3) is 10.9 Å². The van der Waals surface area contributed by atoms with Crippen molar-refractivity contribution < 1.29 is 18.7 Å². The molecule has 0 aliphatic heterocycles. The Morgan fingerprint density at radius 1 is 1.21 bits per heavy atom. The van der Waals surface area contributed by atoms with Gasteiger partial charge in [0.15, 0.2) is 6.61 Å². The SMILES string of the molecule is O=C(COC(=O)c1c[nH]c2ccccc12)Nc1ccc(F)c(Cl)c1. The summed E-state index contributed by atoms with van der Waals surface area (Å²) in [5.41, 5.74) is 1.47. The van der Waals surface area contributed by atoms with Crippen molar-refractivity contribution in [1.29, 1.82) is 0 Å². The van der Waals surface area contributed by atoms with E-state index in [-0.39, 0.29) is 5.02 Å². The Balaban J connectivity index is 1.61. The van der Waals surface area contributed by atoms with Crippen LogP contribution in [0.4, 0.5) is 10.1 Å². The molecule has 0 saturated carbocycles. The molecule has 0 saturated heterocycles. The highest BCUT2D eigenvalue weighted by Crippen LogP contribution is 2.20. The van der Waals surface area contributed by atoms with Gasteiger partial charge in [-0.05, 0) is 24.3 Å². The van der Waals surface area contributed by atoms with Crippen molar-refractivity contribution in [1.82, 2.24) is 4.98 Å². The Hall–Kier alpha value is -2.86. The summed E-state index contributed by atoms with van der Waals surface area (Å²) in [5.74, 6) is -1.74.